The summed E-state index contributed by atoms with van der Waals surface area (Å²) < 4.78 is 13.2. The molecular formula is C16H10FNO2S. The van der Waals surface area contributed by atoms with E-state index in [4.69, 9.17) is 5.11 Å². The summed E-state index contributed by atoms with van der Waals surface area (Å²) in [6.45, 7) is 0. The zero-order valence-electron chi connectivity index (χ0n) is 10.8. The van der Waals surface area contributed by atoms with Crippen LogP contribution in [0.5, 0.6) is 0 Å². The molecule has 2 aromatic carbocycles. The maximum atomic E-state index is 13.2. The van der Waals surface area contributed by atoms with Crippen LogP contribution in [0.25, 0.3) is 21.8 Å². The number of aromatic carboxylic acids is 1. The zero-order valence-corrected chi connectivity index (χ0v) is 11.6. The zero-order chi connectivity index (χ0) is 14.8. The van der Waals surface area contributed by atoms with Gasteiger partial charge in [0.2, 0.25) is 0 Å². The predicted octanol–water partition coefficient (Wildman–Crippen LogP) is 4.31. The standard InChI is InChI=1S/C16H10FNO2S/c17-13-6-2-3-10(8-13)14-9-21-15(18-14)11-4-1-5-12(7-11)16(19)20/h1-9H,(H,19,20). The van der Waals surface area contributed by atoms with E-state index in [1.165, 1.54) is 29.5 Å². The topological polar surface area (TPSA) is 50.2 Å². The molecule has 0 atom stereocenters. The number of carboxylic acids is 1. The van der Waals surface area contributed by atoms with Crippen molar-refractivity contribution in [1.82, 2.24) is 4.98 Å². The molecule has 0 saturated carbocycles. The van der Waals surface area contributed by atoms with Gasteiger partial charge in [0.25, 0.3) is 0 Å². The van der Waals surface area contributed by atoms with Crippen molar-refractivity contribution in [3.05, 3.63) is 65.3 Å². The molecule has 0 unspecified atom stereocenters. The van der Waals surface area contributed by atoms with Crippen LogP contribution in [0.2, 0.25) is 0 Å². The van der Waals surface area contributed by atoms with E-state index in [1.54, 1.807) is 30.3 Å². The van der Waals surface area contributed by atoms with Gasteiger partial charge in [-0.15, -0.1) is 11.3 Å². The molecule has 3 rings (SSSR count). The molecular weight excluding hydrogens is 289 g/mol. The second-order valence-corrected chi connectivity index (χ2v) is 5.29. The van der Waals surface area contributed by atoms with Crippen molar-refractivity contribution >= 4 is 17.3 Å². The monoisotopic (exact) mass is 299 g/mol. The molecule has 0 spiro atoms. The quantitative estimate of drug-likeness (QED) is 0.783. The molecule has 0 amide bonds. The second-order valence-electron chi connectivity index (χ2n) is 4.43. The number of thiazole rings is 1. The van der Waals surface area contributed by atoms with E-state index in [2.05, 4.69) is 4.98 Å². The maximum Gasteiger partial charge on any atom is 0.335 e. The smallest absolute Gasteiger partial charge is 0.335 e. The van der Waals surface area contributed by atoms with Gasteiger partial charge in [-0.25, -0.2) is 14.2 Å². The highest BCUT2D eigenvalue weighted by Crippen LogP contribution is 2.29. The summed E-state index contributed by atoms with van der Waals surface area (Å²) in [4.78, 5) is 15.4. The van der Waals surface area contributed by atoms with Crippen LogP contribution in [0.4, 0.5) is 4.39 Å². The summed E-state index contributed by atoms with van der Waals surface area (Å²) in [5, 5.41) is 11.5. The molecule has 1 N–H and O–H groups in total. The van der Waals surface area contributed by atoms with Crippen LogP contribution in [0.3, 0.4) is 0 Å². The van der Waals surface area contributed by atoms with Crippen molar-refractivity contribution in [2.45, 2.75) is 0 Å². The Bertz CT molecular complexity index is 813. The first-order valence-electron chi connectivity index (χ1n) is 6.19. The minimum atomic E-state index is -0.973. The van der Waals surface area contributed by atoms with Crippen LogP contribution < -0.4 is 0 Å². The first-order valence-corrected chi connectivity index (χ1v) is 7.06. The summed E-state index contributed by atoms with van der Waals surface area (Å²) in [5.41, 5.74) is 2.33. The highest BCUT2D eigenvalue weighted by atomic mass is 32.1. The number of rotatable bonds is 3. The van der Waals surface area contributed by atoms with Gasteiger partial charge in [-0.3, -0.25) is 0 Å². The van der Waals surface area contributed by atoms with Crippen molar-refractivity contribution in [3.63, 3.8) is 0 Å². The lowest BCUT2D eigenvalue weighted by Gasteiger charge is -1.99. The Labute approximate surface area is 124 Å². The fourth-order valence-electron chi connectivity index (χ4n) is 1.97. The summed E-state index contributed by atoms with van der Waals surface area (Å²) in [5.74, 6) is -1.28. The molecule has 1 heterocycles. The molecule has 0 radical (unpaired) electrons. The number of hydrogen-bond acceptors (Lipinski definition) is 3. The predicted molar refractivity (Wildman–Crippen MR) is 79.9 cm³/mol. The second kappa shape index (κ2) is 5.46. The largest absolute Gasteiger partial charge is 0.478 e. The Morgan fingerprint density at radius 2 is 1.86 bits per heavy atom. The molecule has 5 heteroatoms. The Kier molecular flexibility index (Phi) is 3.50. The first kappa shape index (κ1) is 13.5. The van der Waals surface area contributed by atoms with E-state index in [0.29, 0.717) is 16.3 Å². The number of halogens is 1. The highest BCUT2D eigenvalue weighted by Gasteiger charge is 2.09. The van der Waals surface area contributed by atoms with Crippen molar-refractivity contribution in [2.24, 2.45) is 0 Å². The normalized spacial score (nSPS) is 10.5. The molecule has 3 aromatic rings. The van der Waals surface area contributed by atoms with E-state index in [9.17, 15) is 9.18 Å². The van der Waals surface area contributed by atoms with E-state index in [0.717, 1.165) is 5.56 Å². The number of hydrogen-bond donors (Lipinski definition) is 1. The first-order chi connectivity index (χ1) is 10.1. The molecule has 3 nitrogen and oxygen atoms in total. The van der Waals surface area contributed by atoms with E-state index >= 15 is 0 Å². The molecule has 0 aliphatic rings. The average molecular weight is 299 g/mol. The van der Waals surface area contributed by atoms with Crippen molar-refractivity contribution in [1.29, 1.82) is 0 Å². The van der Waals surface area contributed by atoms with Crippen LogP contribution in [-0.4, -0.2) is 16.1 Å². The van der Waals surface area contributed by atoms with Gasteiger partial charge in [0.15, 0.2) is 0 Å². The summed E-state index contributed by atoms with van der Waals surface area (Å²) in [7, 11) is 0. The lowest BCUT2D eigenvalue weighted by atomic mass is 10.1. The molecule has 0 aliphatic carbocycles. The molecule has 0 bridgehead atoms. The molecule has 0 aliphatic heterocycles. The Balaban J connectivity index is 1.98. The number of nitrogens with zero attached hydrogens (tertiary/aromatic N) is 1. The third-order valence-corrected chi connectivity index (χ3v) is 3.87. The van der Waals surface area contributed by atoms with E-state index in [1.807, 2.05) is 5.38 Å². The van der Waals surface area contributed by atoms with E-state index < -0.39 is 5.97 Å². The van der Waals surface area contributed by atoms with Gasteiger partial charge in [0.05, 0.1) is 11.3 Å². The van der Waals surface area contributed by atoms with Crippen LogP contribution in [0.1, 0.15) is 10.4 Å². The molecule has 0 saturated heterocycles. The van der Waals surface area contributed by atoms with Gasteiger partial charge < -0.3 is 5.11 Å². The lowest BCUT2D eigenvalue weighted by Crippen LogP contribution is -1.95. The lowest BCUT2D eigenvalue weighted by molar-refractivity contribution is 0.0697. The van der Waals surface area contributed by atoms with Gasteiger partial charge in [0.1, 0.15) is 10.8 Å². The molecule has 104 valence electrons. The van der Waals surface area contributed by atoms with Crippen molar-refractivity contribution in [2.75, 3.05) is 0 Å². The van der Waals surface area contributed by atoms with Crippen LogP contribution in [0.15, 0.2) is 53.9 Å². The van der Waals surface area contributed by atoms with Gasteiger partial charge >= 0.3 is 5.97 Å². The third-order valence-electron chi connectivity index (χ3n) is 2.98. The summed E-state index contributed by atoms with van der Waals surface area (Å²) >= 11 is 1.40. The molecule has 21 heavy (non-hydrogen) atoms. The molecule has 1 aromatic heterocycles. The SMILES string of the molecule is O=C(O)c1cccc(-c2nc(-c3cccc(F)c3)cs2)c1. The Morgan fingerprint density at radius 1 is 1.10 bits per heavy atom. The maximum absolute atomic E-state index is 13.2. The number of carbonyl (C=O) groups is 1. The van der Waals surface area contributed by atoms with Crippen LogP contribution in [-0.2, 0) is 0 Å². The van der Waals surface area contributed by atoms with Gasteiger partial charge in [0, 0.05) is 16.5 Å². The summed E-state index contributed by atoms with van der Waals surface area (Å²) in [6.07, 6.45) is 0. The van der Waals surface area contributed by atoms with Crippen LogP contribution in [0, 0.1) is 5.82 Å². The number of carboxylic acid groups (broad SMARTS) is 1. The Morgan fingerprint density at radius 3 is 2.62 bits per heavy atom. The molecule has 0 fully saturated rings. The minimum absolute atomic E-state index is 0.218. The van der Waals surface area contributed by atoms with Crippen molar-refractivity contribution < 1.29 is 14.3 Å². The fourth-order valence-corrected chi connectivity index (χ4v) is 2.80. The average Bonchev–Trinajstić information content (AvgIpc) is 2.97. The minimum Gasteiger partial charge on any atom is -0.478 e. The third kappa shape index (κ3) is 2.83. The number of aromatic nitrogens is 1. The Hall–Kier alpha value is -2.53. The van der Waals surface area contributed by atoms with Gasteiger partial charge in [-0.05, 0) is 24.3 Å². The van der Waals surface area contributed by atoms with E-state index in [-0.39, 0.29) is 11.4 Å². The summed E-state index contributed by atoms with van der Waals surface area (Å²) in [6, 6.07) is 12.8. The van der Waals surface area contributed by atoms with Crippen molar-refractivity contribution in [3.8, 4) is 21.8 Å². The fraction of sp³-hybridized carbons (Fsp3) is 0. The number of benzene rings is 2. The van der Waals surface area contributed by atoms with Crippen LogP contribution >= 0.6 is 11.3 Å². The van der Waals surface area contributed by atoms with Gasteiger partial charge in [-0.1, -0.05) is 24.3 Å². The highest BCUT2D eigenvalue weighted by molar-refractivity contribution is 7.13. The van der Waals surface area contributed by atoms with Gasteiger partial charge in [-0.2, -0.15) is 0 Å².